The van der Waals surface area contributed by atoms with Gasteiger partial charge in [0.25, 0.3) is 0 Å². The Bertz CT molecular complexity index is 972. The van der Waals surface area contributed by atoms with E-state index in [0.717, 1.165) is 29.6 Å². The zero-order chi connectivity index (χ0) is 20.2. The summed E-state index contributed by atoms with van der Waals surface area (Å²) in [6.07, 6.45) is 3.73. The lowest BCUT2D eigenvalue weighted by Gasteiger charge is -2.13. The van der Waals surface area contributed by atoms with Gasteiger partial charge in [-0.15, -0.1) is 10.2 Å². The van der Waals surface area contributed by atoms with E-state index in [0.29, 0.717) is 23.4 Å². The Labute approximate surface area is 177 Å². The minimum atomic E-state index is -0.316. The Hall–Kier alpha value is -2.45. The number of halogens is 1. The highest BCUT2D eigenvalue weighted by molar-refractivity contribution is 8.00. The topological polar surface area (TPSA) is 82.2 Å². The first kappa shape index (κ1) is 19.8. The predicted molar refractivity (Wildman–Crippen MR) is 110 cm³/mol. The molecule has 1 saturated carbocycles. The van der Waals surface area contributed by atoms with Gasteiger partial charge in [0.2, 0.25) is 5.91 Å². The summed E-state index contributed by atoms with van der Waals surface area (Å²) in [4.78, 5) is 12.4. The number of rotatable bonds is 9. The van der Waals surface area contributed by atoms with Crippen molar-refractivity contribution in [1.29, 1.82) is 0 Å². The van der Waals surface area contributed by atoms with Crippen LogP contribution in [0.25, 0.3) is 0 Å². The average molecular weight is 433 g/mol. The van der Waals surface area contributed by atoms with E-state index >= 15 is 0 Å². The van der Waals surface area contributed by atoms with Gasteiger partial charge in [-0.05, 0) is 44.0 Å². The third-order valence-corrected chi connectivity index (χ3v) is 5.88. The summed E-state index contributed by atoms with van der Waals surface area (Å²) in [6.45, 7) is 2.49. The van der Waals surface area contributed by atoms with E-state index in [9.17, 15) is 4.79 Å². The van der Waals surface area contributed by atoms with Gasteiger partial charge in [0.05, 0.1) is 23.1 Å². The van der Waals surface area contributed by atoms with Gasteiger partial charge >= 0.3 is 0 Å². The molecule has 1 unspecified atom stereocenters. The highest BCUT2D eigenvalue weighted by Gasteiger charge is 2.31. The molecule has 0 saturated heterocycles. The maximum Gasteiger partial charge on any atom is 0.233 e. The largest absolute Gasteiger partial charge is 0.484 e. The molecule has 3 aromatic rings. The molecule has 1 aromatic carbocycles. The number of hydrogen-bond acceptors (Lipinski definition) is 6. The molecular weight excluding hydrogens is 412 g/mol. The maximum absolute atomic E-state index is 12.4. The second-order valence-corrected chi connectivity index (χ2v) is 8.49. The SMILES string of the molecule is CC(Sc1nnc(COc2ccccc2Cl)n1C1CC1)C(=O)NCc1ccco1. The van der Waals surface area contributed by atoms with Crippen molar-refractivity contribution in [1.82, 2.24) is 20.1 Å². The smallest absolute Gasteiger partial charge is 0.233 e. The van der Waals surface area contributed by atoms with Crippen molar-refractivity contribution in [3.63, 3.8) is 0 Å². The highest BCUT2D eigenvalue weighted by Crippen LogP contribution is 2.39. The fraction of sp³-hybridized carbons (Fsp3) is 0.350. The molecule has 1 atom stereocenters. The van der Waals surface area contributed by atoms with Crippen LogP contribution < -0.4 is 10.1 Å². The fourth-order valence-electron chi connectivity index (χ4n) is 2.83. The molecule has 0 aliphatic heterocycles. The number of nitrogens with zero attached hydrogens (tertiary/aromatic N) is 3. The molecule has 1 amide bonds. The minimum absolute atomic E-state index is 0.0781. The molecule has 152 valence electrons. The van der Waals surface area contributed by atoms with Gasteiger partial charge in [0.15, 0.2) is 11.0 Å². The lowest BCUT2D eigenvalue weighted by molar-refractivity contribution is -0.120. The first-order chi connectivity index (χ1) is 14.1. The Morgan fingerprint density at radius 2 is 2.17 bits per heavy atom. The Morgan fingerprint density at radius 3 is 2.90 bits per heavy atom. The van der Waals surface area contributed by atoms with Crippen LogP contribution in [-0.2, 0) is 17.9 Å². The summed E-state index contributed by atoms with van der Waals surface area (Å²) in [6, 6.07) is 11.3. The number of hydrogen-bond donors (Lipinski definition) is 1. The number of amides is 1. The molecule has 1 aliphatic carbocycles. The van der Waals surface area contributed by atoms with Crippen molar-refractivity contribution in [3.8, 4) is 5.75 Å². The summed E-state index contributed by atoms with van der Waals surface area (Å²) in [5.41, 5.74) is 0. The number of furan rings is 1. The molecule has 1 N–H and O–H groups in total. The Morgan fingerprint density at radius 1 is 1.34 bits per heavy atom. The number of para-hydroxylation sites is 1. The van der Waals surface area contributed by atoms with E-state index in [4.69, 9.17) is 20.8 Å². The van der Waals surface area contributed by atoms with Crippen LogP contribution in [0.2, 0.25) is 5.02 Å². The monoisotopic (exact) mass is 432 g/mol. The standard InChI is InChI=1S/C20H21ClN4O3S/c1-13(19(26)22-11-15-5-4-10-27-15)29-20-24-23-18(25(20)14-8-9-14)12-28-17-7-3-2-6-16(17)21/h2-7,10,13-14H,8-9,11-12H2,1H3,(H,22,26). The normalized spacial score (nSPS) is 14.6. The predicted octanol–water partition coefficient (Wildman–Crippen LogP) is 4.24. The summed E-state index contributed by atoms with van der Waals surface area (Å²) in [5.74, 6) is 1.99. The third-order valence-electron chi connectivity index (χ3n) is 4.51. The van der Waals surface area contributed by atoms with Crippen molar-refractivity contribution in [2.75, 3.05) is 0 Å². The number of benzene rings is 1. The van der Waals surface area contributed by atoms with Gasteiger partial charge in [-0.3, -0.25) is 9.36 Å². The van der Waals surface area contributed by atoms with Crippen LogP contribution in [0.4, 0.5) is 0 Å². The molecular formula is C20H21ClN4O3S. The zero-order valence-electron chi connectivity index (χ0n) is 15.9. The quantitative estimate of drug-likeness (QED) is 0.509. The fourth-order valence-corrected chi connectivity index (χ4v) is 3.99. The second-order valence-electron chi connectivity index (χ2n) is 6.78. The van der Waals surface area contributed by atoms with Crippen LogP contribution in [0.5, 0.6) is 5.75 Å². The van der Waals surface area contributed by atoms with Crippen molar-refractivity contribution >= 4 is 29.3 Å². The van der Waals surface area contributed by atoms with E-state index in [1.165, 1.54) is 11.8 Å². The van der Waals surface area contributed by atoms with E-state index in [-0.39, 0.29) is 17.8 Å². The molecule has 0 bridgehead atoms. The molecule has 1 fully saturated rings. The number of carbonyl (C=O) groups excluding carboxylic acids is 1. The van der Waals surface area contributed by atoms with Gasteiger partial charge in [-0.2, -0.15) is 0 Å². The lowest BCUT2D eigenvalue weighted by Crippen LogP contribution is -2.30. The van der Waals surface area contributed by atoms with Gasteiger partial charge in [-0.25, -0.2) is 0 Å². The lowest BCUT2D eigenvalue weighted by atomic mass is 10.3. The van der Waals surface area contributed by atoms with Gasteiger partial charge in [0.1, 0.15) is 18.1 Å². The molecule has 4 rings (SSSR count). The molecule has 29 heavy (non-hydrogen) atoms. The van der Waals surface area contributed by atoms with Crippen molar-refractivity contribution in [3.05, 3.63) is 59.3 Å². The number of carbonyl (C=O) groups is 1. The van der Waals surface area contributed by atoms with E-state index in [1.807, 2.05) is 31.2 Å². The summed E-state index contributed by atoms with van der Waals surface area (Å²) in [7, 11) is 0. The number of thioether (sulfide) groups is 1. The van der Waals surface area contributed by atoms with Crippen LogP contribution in [0, 0.1) is 0 Å². The number of nitrogens with one attached hydrogen (secondary N) is 1. The molecule has 9 heteroatoms. The number of aromatic nitrogens is 3. The van der Waals surface area contributed by atoms with Crippen LogP contribution in [0.1, 0.15) is 37.4 Å². The Balaban J connectivity index is 1.40. The summed E-state index contributed by atoms with van der Waals surface area (Å²) in [5, 5.41) is 12.5. The zero-order valence-corrected chi connectivity index (χ0v) is 17.4. The van der Waals surface area contributed by atoms with Gasteiger partial charge in [0, 0.05) is 6.04 Å². The first-order valence-corrected chi connectivity index (χ1v) is 10.7. The van der Waals surface area contributed by atoms with Crippen molar-refractivity contribution < 1.29 is 13.9 Å². The van der Waals surface area contributed by atoms with Crippen LogP contribution >= 0.6 is 23.4 Å². The van der Waals surface area contributed by atoms with E-state index in [2.05, 4.69) is 20.1 Å². The average Bonchev–Trinajstić information content (AvgIpc) is 3.26. The second kappa shape index (κ2) is 8.92. The summed E-state index contributed by atoms with van der Waals surface area (Å²) >= 11 is 7.55. The molecule has 0 spiro atoms. The summed E-state index contributed by atoms with van der Waals surface area (Å²) < 4.78 is 13.2. The highest BCUT2D eigenvalue weighted by atomic mass is 35.5. The van der Waals surface area contributed by atoms with Crippen molar-refractivity contribution in [2.45, 2.75) is 49.4 Å². The molecule has 2 heterocycles. The van der Waals surface area contributed by atoms with Gasteiger partial charge < -0.3 is 14.5 Å². The molecule has 7 nitrogen and oxygen atoms in total. The molecule has 2 aromatic heterocycles. The van der Waals surface area contributed by atoms with Crippen molar-refractivity contribution in [2.24, 2.45) is 0 Å². The Kier molecular flexibility index (Phi) is 6.10. The maximum atomic E-state index is 12.4. The van der Waals surface area contributed by atoms with E-state index < -0.39 is 0 Å². The van der Waals surface area contributed by atoms with Gasteiger partial charge in [-0.1, -0.05) is 35.5 Å². The minimum Gasteiger partial charge on any atom is -0.484 e. The molecule has 1 aliphatic rings. The van der Waals surface area contributed by atoms with E-state index in [1.54, 1.807) is 18.4 Å². The molecule has 0 radical (unpaired) electrons. The number of ether oxygens (including phenoxy) is 1. The third kappa shape index (κ3) is 4.94. The van der Waals surface area contributed by atoms with Crippen LogP contribution in [-0.4, -0.2) is 25.9 Å². The van der Waals surface area contributed by atoms with Crippen LogP contribution in [0.3, 0.4) is 0 Å². The van der Waals surface area contributed by atoms with Crippen LogP contribution in [0.15, 0.2) is 52.2 Å². The first-order valence-electron chi connectivity index (χ1n) is 9.39.